The minimum absolute atomic E-state index is 0.112. The summed E-state index contributed by atoms with van der Waals surface area (Å²) in [4.78, 5) is 0. The van der Waals surface area contributed by atoms with Crippen LogP contribution in [0.3, 0.4) is 0 Å². The van der Waals surface area contributed by atoms with Gasteiger partial charge in [-0.25, -0.2) is 0 Å². The summed E-state index contributed by atoms with van der Waals surface area (Å²) >= 11 is 0. The molecule has 0 aliphatic carbocycles. The highest BCUT2D eigenvalue weighted by Gasteiger charge is 2.37. The molecule has 2 nitrogen and oxygen atoms in total. The maximum absolute atomic E-state index is 10.4. The summed E-state index contributed by atoms with van der Waals surface area (Å²) in [6, 6.07) is 3.47. The zero-order chi connectivity index (χ0) is 19.0. The van der Waals surface area contributed by atoms with Crippen LogP contribution < -0.4 is 0 Å². The fraction of sp³-hybridized carbons (Fsp3) is 0.700. The van der Waals surface area contributed by atoms with E-state index in [-0.39, 0.29) is 11.6 Å². The van der Waals surface area contributed by atoms with Crippen molar-refractivity contribution in [2.45, 2.75) is 83.9 Å². The summed E-state index contributed by atoms with van der Waals surface area (Å²) in [6.45, 7) is 17.8. The van der Waals surface area contributed by atoms with Crippen LogP contribution in [0.5, 0.6) is 0 Å². The molecule has 0 rings (SSSR count). The van der Waals surface area contributed by atoms with Gasteiger partial charge >= 0.3 is 0 Å². The van der Waals surface area contributed by atoms with Crippen LogP contribution in [0, 0.1) is 23.8 Å². The van der Waals surface area contributed by atoms with Gasteiger partial charge < -0.3 is 9.53 Å². The second-order valence-corrected chi connectivity index (χ2v) is 17.7. The number of rotatable bonds is 7. The maximum atomic E-state index is 10.4. The van der Waals surface area contributed by atoms with Crippen LogP contribution in [-0.2, 0) is 4.43 Å². The quantitative estimate of drug-likeness (QED) is 0.510. The molecular formula is C20H36O2Si2. The van der Waals surface area contributed by atoms with Crippen molar-refractivity contribution in [2.24, 2.45) is 0 Å². The minimum atomic E-state index is -1.89. The molecule has 0 aliphatic rings. The second kappa shape index (κ2) is 9.63. The Bertz CT molecular complexity index is 512. The van der Waals surface area contributed by atoms with E-state index in [4.69, 9.17) is 10.8 Å². The Kier molecular flexibility index (Phi) is 9.32. The van der Waals surface area contributed by atoms with Gasteiger partial charge in [0.15, 0.2) is 8.32 Å². The average Bonchev–Trinajstić information content (AvgIpc) is 2.52. The Labute approximate surface area is 152 Å². The van der Waals surface area contributed by atoms with E-state index in [1.165, 1.54) is 0 Å². The van der Waals surface area contributed by atoms with Gasteiger partial charge in [0.1, 0.15) is 14.2 Å². The predicted molar refractivity (Wildman–Crippen MR) is 111 cm³/mol. The normalized spacial score (nSPS) is 14.6. The molecular weight excluding hydrogens is 328 g/mol. The van der Waals surface area contributed by atoms with E-state index in [1.807, 2.05) is 0 Å². The molecule has 136 valence electrons. The third-order valence-corrected chi connectivity index (χ3v) is 14.8. The molecule has 0 saturated carbocycles. The van der Waals surface area contributed by atoms with Crippen molar-refractivity contribution in [1.29, 1.82) is 0 Å². The standard InChI is InChI=1S/C20H36O2Si2/c1-10-18(15-14-16-24(11-2,12-3)13-4)19(21)17-22-23(8,9)20(5,6)7/h1,15,19,21H,11-13,17H2,2-9H3/b18-15+/t19-/m1/s1. The molecule has 0 heterocycles. The van der Waals surface area contributed by atoms with E-state index >= 15 is 0 Å². The number of aliphatic hydroxyl groups is 1. The van der Waals surface area contributed by atoms with Crippen molar-refractivity contribution < 1.29 is 9.53 Å². The van der Waals surface area contributed by atoms with Crippen molar-refractivity contribution in [3.8, 4) is 23.8 Å². The van der Waals surface area contributed by atoms with Gasteiger partial charge in [-0.3, -0.25) is 0 Å². The Morgan fingerprint density at radius 3 is 2.04 bits per heavy atom. The third-order valence-electron chi connectivity index (χ3n) is 5.53. The minimum Gasteiger partial charge on any atom is -0.414 e. The largest absolute Gasteiger partial charge is 0.414 e. The van der Waals surface area contributed by atoms with Crippen molar-refractivity contribution in [3.05, 3.63) is 11.6 Å². The van der Waals surface area contributed by atoms with E-state index < -0.39 is 22.5 Å². The summed E-state index contributed by atoms with van der Waals surface area (Å²) in [5, 5.41) is 10.5. The highest BCUT2D eigenvalue weighted by atomic mass is 28.4. The Morgan fingerprint density at radius 1 is 1.17 bits per heavy atom. The number of aliphatic hydroxyl groups excluding tert-OH is 1. The fourth-order valence-electron chi connectivity index (χ4n) is 2.11. The van der Waals surface area contributed by atoms with Crippen LogP contribution in [0.1, 0.15) is 41.5 Å². The molecule has 0 saturated heterocycles. The average molecular weight is 365 g/mol. The molecule has 0 bridgehead atoms. The lowest BCUT2D eigenvalue weighted by atomic mass is 10.1. The van der Waals surface area contributed by atoms with Crippen LogP contribution in [-0.4, -0.2) is 34.2 Å². The fourth-order valence-corrected chi connectivity index (χ4v) is 5.53. The first-order chi connectivity index (χ1) is 11.0. The zero-order valence-corrected chi connectivity index (χ0v) is 18.9. The van der Waals surface area contributed by atoms with Crippen molar-refractivity contribution in [1.82, 2.24) is 0 Å². The first-order valence-electron chi connectivity index (χ1n) is 9.00. The van der Waals surface area contributed by atoms with Crippen molar-refractivity contribution in [2.75, 3.05) is 6.61 Å². The second-order valence-electron chi connectivity index (χ2n) is 7.94. The Hall–Kier alpha value is -0.786. The van der Waals surface area contributed by atoms with Crippen LogP contribution in [0.15, 0.2) is 11.6 Å². The van der Waals surface area contributed by atoms with Gasteiger partial charge in [-0.15, -0.1) is 12.0 Å². The van der Waals surface area contributed by atoms with Gasteiger partial charge in [-0.1, -0.05) is 53.4 Å². The smallest absolute Gasteiger partial charge is 0.192 e. The van der Waals surface area contributed by atoms with Gasteiger partial charge in [0.05, 0.1) is 6.61 Å². The van der Waals surface area contributed by atoms with Gasteiger partial charge in [0, 0.05) is 11.6 Å². The molecule has 4 heteroatoms. The molecule has 0 radical (unpaired) electrons. The lowest BCUT2D eigenvalue weighted by Gasteiger charge is -2.36. The summed E-state index contributed by atoms with van der Waals surface area (Å²) in [7, 11) is -3.38. The lowest BCUT2D eigenvalue weighted by Crippen LogP contribution is -2.42. The number of hydrogen-bond acceptors (Lipinski definition) is 2. The van der Waals surface area contributed by atoms with Crippen LogP contribution in [0.4, 0.5) is 0 Å². The van der Waals surface area contributed by atoms with Crippen LogP contribution in [0.25, 0.3) is 0 Å². The molecule has 0 aromatic carbocycles. The molecule has 0 unspecified atom stereocenters. The third kappa shape index (κ3) is 6.61. The highest BCUT2D eigenvalue weighted by molar-refractivity contribution is 6.87. The number of terminal acetylenes is 1. The molecule has 0 spiro atoms. The van der Waals surface area contributed by atoms with Gasteiger partial charge in [-0.2, -0.15) is 0 Å². The molecule has 24 heavy (non-hydrogen) atoms. The predicted octanol–water partition coefficient (Wildman–Crippen LogP) is 4.98. The monoisotopic (exact) mass is 364 g/mol. The number of hydrogen-bond donors (Lipinski definition) is 1. The zero-order valence-electron chi connectivity index (χ0n) is 16.9. The first kappa shape index (κ1) is 23.2. The van der Waals surface area contributed by atoms with E-state index in [2.05, 4.69) is 72.0 Å². The SMILES string of the molecule is C#C/C(=C\C#C[Si](CC)(CC)CC)[C@H](O)CO[Si](C)(C)C(C)(C)C. The molecule has 1 N–H and O–H groups in total. The Morgan fingerprint density at radius 2 is 1.67 bits per heavy atom. The van der Waals surface area contributed by atoms with Crippen molar-refractivity contribution >= 4 is 16.4 Å². The lowest BCUT2D eigenvalue weighted by molar-refractivity contribution is 0.130. The van der Waals surface area contributed by atoms with Gasteiger partial charge in [0.2, 0.25) is 0 Å². The molecule has 1 atom stereocenters. The topological polar surface area (TPSA) is 29.5 Å². The Balaban J connectivity index is 5.08. The molecule has 0 amide bonds. The van der Waals surface area contributed by atoms with E-state index in [9.17, 15) is 5.11 Å². The van der Waals surface area contributed by atoms with Gasteiger partial charge in [-0.05, 0) is 36.3 Å². The summed E-state index contributed by atoms with van der Waals surface area (Å²) < 4.78 is 6.06. The van der Waals surface area contributed by atoms with E-state index in [0.29, 0.717) is 5.57 Å². The van der Waals surface area contributed by atoms with Crippen molar-refractivity contribution in [3.63, 3.8) is 0 Å². The van der Waals surface area contributed by atoms with Crippen LogP contribution >= 0.6 is 0 Å². The van der Waals surface area contributed by atoms with E-state index in [1.54, 1.807) is 6.08 Å². The number of allylic oxidation sites excluding steroid dienone is 1. The first-order valence-corrected chi connectivity index (χ1v) is 14.5. The summed E-state index contributed by atoms with van der Waals surface area (Å²) in [6.07, 6.45) is 6.50. The summed E-state index contributed by atoms with van der Waals surface area (Å²) in [5.74, 6) is 5.72. The van der Waals surface area contributed by atoms with E-state index in [0.717, 1.165) is 18.1 Å². The molecule has 0 aromatic rings. The molecule has 0 aromatic heterocycles. The highest BCUT2D eigenvalue weighted by Crippen LogP contribution is 2.36. The molecule has 0 aliphatic heterocycles. The molecule has 0 fully saturated rings. The summed E-state index contributed by atoms with van der Waals surface area (Å²) in [5.41, 5.74) is 3.99. The van der Waals surface area contributed by atoms with Gasteiger partial charge in [0.25, 0.3) is 0 Å². The van der Waals surface area contributed by atoms with Crippen LogP contribution in [0.2, 0.25) is 36.3 Å². The maximum Gasteiger partial charge on any atom is 0.192 e.